The zero-order valence-corrected chi connectivity index (χ0v) is 20.2. The molecule has 0 N–H and O–H groups in total. The Hall–Kier alpha value is -1.93. The van der Waals surface area contributed by atoms with Crippen molar-refractivity contribution in [2.75, 3.05) is 20.1 Å². The van der Waals surface area contributed by atoms with Crippen LogP contribution in [-0.2, 0) is 28.3 Å². The number of aromatic nitrogens is 2. The quantitative estimate of drug-likeness (QED) is 0.614. The van der Waals surface area contributed by atoms with Crippen LogP contribution in [0.15, 0.2) is 23.1 Å². The summed E-state index contributed by atoms with van der Waals surface area (Å²) in [7, 11) is 0.383. The van der Waals surface area contributed by atoms with Gasteiger partial charge in [-0.15, -0.1) is 0 Å². The fourth-order valence-electron chi connectivity index (χ4n) is 5.11. The van der Waals surface area contributed by atoms with Gasteiger partial charge in [0.25, 0.3) is 0 Å². The third-order valence-corrected chi connectivity index (χ3v) is 9.12. The SMILES string of the molecule is CN(C(=O)CCc1nc2cc(S(=O)(=O)N3CCCCC3)ccc2n1C)C1CCCCCC1. The maximum Gasteiger partial charge on any atom is 0.243 e. The number of piperidine rings is 1. The molecule has 0 spiro atoms. The minimum atomic E-state index is -3.49. The highest BCUT2D eigenvalue weighted by Crippen LogP contribution is 2.25. The number of fused-ring (bicyclic) bond motifs is 1. The van der Waals surface area contributed by atoms with E-state index in [1.165, 1.54) is 25.7 Å². The summed E-state index contributed by atoms with van der Waals surface area (Å²) >= 11 is 0. The molecular formula is C24H36N4O3S. The Morgan fingerprint density at radius 3 is 2.41 bits per heavy atom. The second kappa shape index (κ2) is 9.91. The van der Waals surface area contributed by atoms with E-state index in [2.05, 4.69) is 0 Å². The van der Waals surface area contributed by atoms with Gasteiger partial charge in [0.05, 0.1) is 15.9 Å². The molecule has 1 saturated heterocycles. The minimum Gasteiger partial charge on any atom is -0.343 e. The number of imidazole rings is 1. The number of benzene rings is 1. The second-order valence-electron chi connectivity index (χ2n) is 9.35. The Morgan fingerprint density at radius 2 is 1.72 bits per heavy atom. The van der Waals surface area contributed by atoms with Crippen LogP contribution in [0.2, 0.25) is 0 Å². The van der Waals surface area contributed by atoms with E-state index in [4.69, 9.17) is 4.98 Å². The maximum atomic E-state index is 13.0. The van der Waals surface area contributed by atoms with Crippen LogP contribution in [0.4, 0.5) is 0 Å². The first-order chi connectivity index (χ1) is 15.4. The number of hydrogen-bond donors (Lipinski definition) is 0. The van der Waals surface area contributed by atoms with E-state index in [0.29, 0.717) is 42.4 Å². The van der Waals surface area contributed by atoms with Gasteiger partial charge in [-0.1, -0.05) is 32.1 Å². The number of sulfonamides is 1. The Bertz CT molecular complexity index is 1050. The van der Waals surface area contributed by atoms with Crippen LogP contribution in [0.5, 0.6) is 0 Å². The zero-order valence-electron chi connectivity index (χ0n) is 19.4. The van der Waals surface area contributed by atoms with Crippen LogP contribution in [0.25, 0.3) is 11.0 Å². The second-order valence-corrected chi connectivity index (χ2v) is 11.3. The van der Waals surface area contributed by atoms with Gasteiger partial charge < -0.3 is 9.47 Å². The van der Waals surface area contributed by atoms with Crippen molar-refractivity contribution in [1.82, 2.24) is 18.8 Å². The lowest BCUT2D eigenvalue weighted by Gasteiger charge is -2.27. The van der Waals surface area contributed by atoms with Gasteiger partial charge in [0.2, 0.25) is 15.9 Å². The van der Waals surface area contributed by atoms with Crippen molar-refractivity contribution in [3.05, 3.63) is 24.0 Å². The predicted octanol–water partition coefficient (Wildman–Crippen LogP) is 3.86. The lowest BCUT2D eigenvalue weighted by molar-refractivity contribution is -0.132. The first-order valence-electron chi connectivity index (χ1n) is 12.1. The summed E-state index contributed by atoms with van der Waals surface area (Å²) in [6.45, 7) is 1.18. The molecule has 1 aliphatic carbocycles. The van der Waals surface area contributed by atoms with Crippen molar-refractivity contribution >= 4 is 27.0 Å². The molecule has 2 aliphatic rings. The molecule has 1 saturated carbocycles. The summed E-state index contributed by atoms with van der Waals surface area (Å²) in [6.07, 6.45) is 11.0. The van der Waals surface area contributed by atoms with Crippen LogP contribution >= 0.6 is 0 Å². The zero-order chi connectivity index (χ0) is 22.7. The molecule has 2 heterocycles. The summed E-state index contributed by atoms with van der Waals surface area (Å²) in [5, 5.41) is 0. The van der Waals surface area contributed by atoms with Crippen molar-refractivity contribution in [2.24, 2.45) is 7.05 Å². The number of aryl methyl sites for hydroxylation is 2. The minimum absolute atomic E-state index is 0.164. The van der Waals surface area contributed by atoms with Crippen LogP contribution < -0.4 is 0 Å². The first-order valence-corrected chi connectivity index (χ1v) is 13.5. The van der Waals surface area contributed by atoms with Crippen molar-refractivity contribution < 1.29 is 13.2 Å². The maximum absolute atomic E-state index is 13.0. The molecule has 32 heavy (non-hydrogen) atoms. The fraction of sp³-hybridized carbons (Fsp3) is 0.667. The summed E-state index contributed by atoms with van der Waals surface area (Å²) in [4.78, 5) is 19.8. The molecule has 1 aromatic carbocycles. The molecule has 0 radical (unpaired) electrons. The van der Waals surface area contributed by atoms with Crippen molar-refractivity contribution in [3.63, 3.8) is 0 Å². The molecule has 1 amide bonds. The average Bonchev–Trinajstić information content (AvgIpc) is 2.97. The largest absolute Gasteiger partial charge is 0.343 e. The highest BCUT2D eigenvalue weighted by molar-refractivity contribution is 7.89. The van der Waals surface area contributed by atoms with Gasteiger partial charge in [-0.3, -0.25) is 4.79 Å². The third kappa shape index (κ3) is 4.86. The summed E-state index contributed by atoms with van der Waals surface area (Å²) in [5.74, 6) is 0.979. The monoisotopic (exact) mass is 460 g/mol. The molecule has 8 heteroatoms. The van der Waals surface area contributed by atoms with Crippen molar-refractivity contribution in [2.45, 2.75) is 81.6 Å². The van der Waals surface area contributed by atoms with Crippen LogP contribution in [0.1, 0.15) is 70.0 Å². The Kier molecular flexibility index (Phi) is 7.20. The third-order valence-electron chi connectivity index (χ3n) is 7.23. The smallest absolute Gasteiger partial charge is 0.243 e. The number of rotatable bonds is 6. The first kappa shape index (κ1) is 23.2. The molecule has 4 rings (SSSR count). The molecular weight excluding hydrogens is 424 g/mol. The molecule has 176 valence electrons. The number of carbonyl (C=O) groups excluding carboxylic acids is 1. The highest BCUT2D eigenvalue weighted by atomic mass is 32.2. The molecule has 0 atom stereocenters. The van der Waals surface area contributed by atoms with Gasteiger partial charge in [-0.05, 0) is 43.9 Å². The number of carbonyl (C=O) groups is 1. The van der Waals surface area contributed by atoms with E-state index in [1.807, 2.05) is 29.6 Å². The van der Waals surface area contributed by atoms with E-state index in [0.717, 1.165) is 43.4 Å². The standard InChI is InChI=1S/C24H36N4O3S/c1-26(19-10-6-3-4-7-11-19)24(29)15-14-23-25-21-18-20(12-13-22(21)27(23)2)32(30,31)28-16-8-5-9-17-28/h12-13,18-19H,3-11,14-17H2,1-2H3. The van der Waals surface area contributed by atoms with Crippen LogP contribution in [-0.4, -0.2) is 59.3 Å². The van der Waals surface area contributed by atoms with Gasteiger partial charge in [0.15, 0.2) is 0 Å². The molecule has 1 aliphatic heterocycles. The van der Waals surface area contributed by atoms with Crippen molar-refractivity contribution in [3.8, 4) is 0 Å². The molecule has 0 unspecified atom stereocenters. The summed E-state index contributed by atoms with van der Waals surface area (Å²) in [6, 6.07) is 5.56. The number of hydrogen-bond acceptors (Lipinski definition) is 4. The van der Waals surface area contributed by atoms with Crippen molar-refractivity contribution in [1.29, 1.82) is 0 Å². The summed E-state index contributed by atoms with van der Waals surface area (Å²) < 4.78 is 29.6. The van der Waals surface area contributed by atoms with Gasteiger partial charge in [-0.25, -0.2) is 13.4 Å². The molecule has 1 aromatic heterocycles. The lowest BCUT2D eigenvalue weighted by Crippen LogP contribution is -2.36. The molecule has 7 nitrogen and oxygen atoms in total. The average molecular weight is 461 g/mol. The van der Waals surface area contributed by atoms with Crippen LogP contribution in [0.3, 0.4) is 0 Å². The Morgan fingerprint density at radius 1 is 1.06 bits per heavy atom. The molecule has 2 fully saturated rings. The molecule has 2 aromatic rings. The Balaban J connectivity index is 1.46. The van der Waals surface area contributed by atoms with E-state index in [-0.39, 0.29) is 5.91 Å². The highest BCUT2D eigenvalue weighted by Gasteiger charge is 2.27. The number of amides is 1. The Labute approximate surface area is 191 Å². The topological polar surface area (TPSA) is 75.5 Å². The van der Waals surface area contributed by atoms with E-state index in [1.54, 1.807) is 16.4 Å². The van der Waals surface area contributed by atoms with E-state index < -0.39 is 10.0 Å². The summed E-state index contributed by atoms with van der Waals surface area (Å²) in [5.41, 5.74) is 1.56. The van der Waals surface area contributed by atoms with Gasteiger partial charge >= 0.3 is 0 Å². The lowest BCUT2D eigenvalue weighted by atomic mass is 10.1. The van der Waals surface area contributed by atoms with Crippen LogP contribution in [0, 0.1) is 0 Å². The number of nitrogens with zero attached hydrogens (tertiary/aromatic N) is 4. The van der Waals surface area contributed by atoms with Gasteiger partial charge in [0, 0.05) is 46.1 Å². The molecule has 0 bridgehead atoms. The fourth-order valence-corrected chi connectivity index (χ4v) is 6.65. The predicted molar refractivity (Wildman–Crippen MR) is 126 cm³/mol. The normalized spacial score (nSPS) is 19.2. The van der Waals surface area contributed by atoms with E-state index >= 15 is 0 Å². The van der Waals surface area contributed by atoms with E-state index in [9.17, 15) is 13.2 Å². The van der Waals surface area contributed by atoms with Gasteiger partial charge in [-0.2, -0.15) is 4.31 Å². The van der Waals surface area contributed by atoms with Gasteiger partial charge in [0.1, 0.15) is 5.82 Å².